The largest absolute Gasteiger partial charge is 0.493 e. The van der Waals surface area contributed by atoms with Crippen LogP contribution in [0.2, 0.25) is 0 Å². The molecular formula is C21H32Cl2N2O2. The number of ether oxygens (including phenoxy) is 2. The maximum atomic E-state index is 5.94. The lowest BCUT2D eigenvalue weighted by Gasteiger charge is -2.13. The van der Waals surface area contributed by atoms with E-state index in [-0.39, 0.29) is 24.8 Å². The van der Waals surface area contributed by atoms with E-state index in [4.69, 9.17) is 9.47 Å². The average molecular weight is 415 g/mol. The average Bonchev–Trinajstić information content (AvgIpc) is 2.60. The number of methoxy groups -OCH3 is 1. The highest BCUT2D eigenvalue weighted by atomic mass is 35.5. The van der Waals surface area contributed by atoms with E-state index in [0.717, 1.165) is 43.1 Å². The second-order valence-corrected chi connectivity index (χ2v) is 6.60. The summed E-state index contributed by atoms with van der Waals surface area (Å²) in [7, 11) is 5.88. The zero-order valence-corrected chi connectivity index (χ0v) is 18.3. The van der Waals surface area contributed by atoms with Gasteiger partial charge in [0.15, 0.2) is 11.5 Å². The molecule has 4 nitrogen and oxygen atoms in total. The van der Waals surface area contributed by atoms with E-state index < -0.39 is 0 Å². The van der Waals surface area contributed by atoms with Gasteiger partial charge in [-0.25, -0.2) is 0 Å². The number of halogens is 2. The van der Waals surface area contributed by atoms with Gasteiger partial charge in [-0.3, -0.25) is 0 Å². The van der Waals surface area contributed by atoms with Gasteiger partial charge < -0.3 is 19.7 Å². The molecule has 27 heavy (non-hydrogen) atoms. The summed E-state index contributed by atoms with van der Waals surface area (Å²) in [6.45, 7) is 5.57. The fourth-order valence-corrected chi connectivity index (χ4v) is 2.66. The minimum absolute atomic E-state index is 0. The summed E-state index contributed by atoms with van der Waals surface area (Å²) in [6.07, 6.45) is 1.14. The smallest absolute Gasteiger partial charge is 0.161 e. The van der Waals surface area contributed by atoms with E-state index in [9.17, 15) is 0 Å². The van der Waals surface area contributed by atoms with E-state index in [1.165, 1.54) is 11.1 Å². The van der Waals surface area contributed by atoms with Gasteiger partial charge in [0.1, 0.15) is 6.61 Å². The third-order valence-corrected chi connectivity index (χ3v) is 3.99. The molecule has 0 unspecified atom stereocenters. The van der Waals surface area contributed by atoms with Crippen molar-refractivity contribution in [3.63, 3.8) is 0 Å². The van der Waals surface area contributed by atoms with E-state index >= 15 is 0 Å². The Kier molecular flexibility index (Phi) is 12.9. The summed E-state index contributed by atoms with van der Waals surface area (Å²) >= 11 is 0. The Balaban J connectivity index is 0.00000338. The molecule has 0 spiro atoms. The van der Waals surface area contributed by atoms with Crippen LogP contribution in [0.3, 0.4) is 0 Å². The first kappa shape index (κ1) is 25.5. The maximum absolute atomic E-state index is 5.94. The van der Waals surface area contributed by atoms with Gasteiger partial charge in [0.05, 0.1) is 7.11 Å². The fourth-order valence-electron chi connectivity index (χ4n) is 2.66. The van der Waals surface area contributed by atoms with E-state index in [0.29, 0.717) is 6.61 Å². The number of aryl methyl sites for hydroxylation is 1. The Morgan fingerprint density at radius 3 is 2.41 bits per heavy atom. The molecule has 0 fully saturated rings. The molecule has 0 radical (unpaired) electrons. The molecule has 0 aliphatic heterocycles. The zero-order valence-electron chi connectivity index (χ0n) is 16.7. The van der Waals surface area contributed by atoms with Crippen molar-refractivity contribution in [2.45, 2.75) is 26.5 Å². The Bertz CT molecular complexity index is 666. The minimum Gasteiger partial charge on any atom is -0.493 e. The topological polar surface area (TPSA) is 33.7 Å². The van der Waals surface area contributed by atoms with Crippen LogP contribution in [-0.2, 0) is 13.2 Å². The van der Waals surface area contributed by atoms with Crippen LogP contribution >= 0.6 is 24.8 Å². The van der Waals surface area contributed by atoms with Crippen LogP contribution in [0.1, 0.15) is 23.1 Å². The maximum Gasteiger partial charge on any atom is 0.161 e. The van der Waals surface area contributed by atoms with Crippen LogP contribution in [0, 0.1) is 6.92 Å². The second kappa shape index (κ2) is 13.7. The molecule has 2 aromatic carbocycles. The van der Waals surface area contributed by atoms with Gasteiger partial charge >= 0.3 is 0 Å². The van der Waals surface area contributed by atoms with Crippen LogP contribution in [0.5, 0.6) is 11.5 Å². The molecule has 0 atom stereocenters. The third kappa shape index (κ3) is 9.34. The van der Waals surface area contributed by atoms with Crippen LogP contribution in [-0.4, -0.2) is 39.2 Å². The summed E-state index contributed by atoms with van der Waals surface area (Å²) in [5, 5.41) is 3.47. The zero-order chi connectivity index (χ0) is 18.1. The lowest BCUT2D eigenvalue weighted by Crippen LogP contribution is -2.21. The molecule has 2 aromatic rings. The lowest BCUT2D eigenvalue weighted by atomic mass is 10.1. The summed E-state index contributed by atoms with van der Waals surface area (Å²) in [5.74, 6) is 1.56. The van der Waals surface area contributed by atoms with Crippen molar-refractivity contribution in [3.8, 4) is 11.5 Å². The Morgan fingerprint density at radius 2 is 1.74 bits per heavy atom. The Labute approximate surface area is 176 Å². The van der Waals surface area contributed by atoms with Gasteiger partial charge in [-0.15, -0.1) is 24.8 Å². The van der Waals surface area contributed by atoms with Gasteiger partial charge in [0.2, 0.25) is 0 Å². The van der Waals surface area contributed by atoms with Crippen molar-refractivity contribution < 1.29 is 9.47 Å². The normalized spacial score (nSPS) is 10.1. The lowest BCUT2D eigenvalue weighted by molar-refractivity contribution is 0.284. The van der Waals surface area contributed by atoms with Crippen molar-refractivity contribution in [3.05, 3.63) is 59.2 Å². The molecule has 0 saturated carbocycles. The monoisotopic (exact) mass is 414 g/mol. The molecular weight excluding hydrogens is 383 g/mol. The summed E-state index contributed by atoms with van der Waals surface area (Å²) in [5.41, 5.74) is 3.60. The minimum atomic E-state index is 0. The molecule has 0 amide bonds. The van der Waals surface area contributed by atoms with Gasteiger partial charge in [0.25, 0.3) is 0 Å². The number of benzene rings is 2. The highest BCUT2D eigenvalue weighted by Crippen LogP contribution is 2.28. The van der Waals surface area contributed by atoms with E-state index in [1.54, 1.807) is 7.11 Å². The van der Waals surface area contributed by atoms with Crippen LogP contribution in [0.15, 0.2) is 42.5 Å². The predicted octanol–water partition coefficient (Wildman–Crippen LogP) is 4.47. The van der Waals surface area contributed by atoms with Crippen molar-refractivity contribution in [2.24, 2.45) is 0 Å². The number of rotatable bonds is 10. The van der Waals surface area contributed by atoms with Crippen LogP contribution in [0.25, 0.3) is 0 Å². The Morgan fingerprint density at radius 1 is 0.963 bits per heavy atom. The molecule has 0 heterocycles. The van der Waals surface area contributed by atoms with E-state index in [2.05, 4.69) is 61.6 Å². The molecule has 0 saturated heterocycles. The van der Waals surface area contributed by atoms with Gasteiger partial charge in [-0.1, -0.05) is 35.9 Å². The third-order valence-electron chi connectivity index (χ3n) is 3.99. The molecule has 0 aliphatic rings. The number of nitrogens with one attached hydrogen (secondary N) is 1. The predicted molar refractivity (Wildman–Crippen MR) is 118 cm³/mol. The Hall–Kier alpha value is -1.46. The molecule has 0 aromatic heterocycles. The summed E-state index contributed by atoms with van der Waals surface area (Å²) in [4.78, 5) is 2.20. The summed E-state index contributed by atoms with van der Waals surface area (Å²) in [6, 6.07) is 14.5. The molecule has 2 rings (SSSR count). The standard InChI is InChI=1S/C21H30N2O2.2ClH/c1-17-7-5-8-19(13-17)16-25-20-10-9-18(14-21(20)24-4)15-22-11-6-12-23(2)3;;/h5,7-10,13-14,22H,6,11-12,15-16H2,1-4H3;2*1H. The van der Waals surface area contributed by atoms with E-state index in [1.807, 2.05) is 12.1 Å². The van der Waals surface area contributed by atoms with Crippen LogP contribution in [0.4, 0.5) is 0 Å². The highest BCUT2D eigenvalue weighted by Gasteiger charge is 2.06. The first-order chi connectivity index (χ1) is 12.1. The molecule has 0 aliphatic carbocycles. The summed E-state index contributed by atoms with van der Waals surface area (Å²) < 4.78 is 11.4. The number of hydrogen-bond acceptors (Lipinski definition) is 4. The quantitative estimate of drug-likeness (QED) is 0.581. The number of nitrogens with zero attached hydrogens (tertiary/aromatic N) is 1. The van der Waals surface area contributed by atoms with Gasteiger partial charge in [-0.05, 0) is 63.8 Å². The van der Waals surface area contributed by atoms with Crippen molar-refractivity contribution in [1.29, 1.82) is 0 Å². The van der Waals surface area contributed by atoms with Crippen molar-refractivity contribution in [2.75, 3.05) is 34.3 Å². The molecule has 6 heteroatoms. The SMILES string of the molecule is COc1cc(CNCCCN(C)C)ccc1OCc1cccc(C)c1.Cl.Cl. The molecule has 1 N–H and O–H groups in total. The second-order valence-electron chi connectivity index (χ2n) is 6.60. The number of hydrogen-bond donors (Lipinski definition) is 1. The first-order valence-electron chi connectivity index (χ1n) is 8.79. The van der Waals surface area contributed by atoms with Crippen LogP contribution < -0.4 is 14.8 Å². The van der Waals surface area contributed by atoms with Crippen molar-refractivity contribution in [1.82, 2.24) is 10.2 Å². The van der Waals surface area contributed by atoms with Gasteiger partial charge in [0, 0.05) is 6.54 Å². The van der Waals surface area contributed by atoms with Crippen molar-refractivity contribution >= 4 is 24.8 Å². The molecule has 152 valence electrons. The van der Waals surface area contributed by atoms with Gasteiger partial charge in [-0.2, -0.15) is 0 Å². The highest BCUT2D eigenvalue weighted by molar-refractivity contribution is 5.85. The fraction of sp³-hybridized carbons (Fsp3) is 0.429. The molecule has 0 bridgehead atoms. The first-order valence-corrected chi connectivity index (χ1v) is 8.79.